The van der Waals surface area contributed by atoms with E-state index in [9.17, 15) is 9.59 Å². The molecule has 0 aromatic rings. The van der Waals surface area contributed by atoms with Crippen molar-refractivity contribution >= 4 is 12.0 Å². The van der Waals surface area contributed by atoms with Gasteiger partial charge in [0.05, 0.1) is 6.04 Å². The lowest BCUT2D eigenvalue weighted by Crippen LogP contribution is -2.48. The zero-order valence-corrected chi connectivity index (χ0v) is 11.0. The molecule has 0 saturated carbocycles. The third kappa shape index (κ3) is 6.79. The quantitative estimate of drug-likeness (QED) is 0.577. The summed E-state index contributed by atoms with van der Waals surface area (Å²) in [4.78, 5) is 22.5. The average molecular weight is 254 g/mol. The maximum atomic E-state index is 11.6. The summed E-state index contributed by atoms with van der Waals surface area (Å²) in [6.07, 6.45) is 8.86. The van der Waals surface area contributed by atoms with Crippen LogP contribution in [0.15, 0.2) is 0 Å². The van der Waals surface area contributed by atoms with Gasteiger partial charge in [-0.25, -0.2) is 9.59 Å². The SMILES string of the molecule is C#CC(CCC)NC(=O)N[C@@H](CCCC)C(=O)O. The molecule has 0 aromatic carbocycles. The molecule has 0 fully saturated rings. The van der Waals surface area contributed by atoms with Crippen LogP contribution in [0.2, 0.25) is 0 Å². The van der Waals surface area contributed by atoms with Crippen LogP contribution in [0.5, 0.6) is 0 Å². The molecule has 0 aromatic heterocycles. The van der Waals surface area contributed by atoms with Crippen molar-refractivity contribution in [2.24, 2.45) is 0 Å². The topological polar surface area (TPSA) is 78.4 Å². The minimum Gasteiger partial charge on any atom is -0.480 e. The summed E-state index contributed by atoms with van der Waals surface area (Å²) in [6.45, 7) is 3.93. The molecule has 2 atom stereocenters. The van der Waals surface area contributed by atoms with Gasteiger partial charge in [0.1, 0.15) is 6.04 Å². The van der Waals surface area contributed by atoms with Crippen molar-refractivity contribution in [3.63, 3.8) is 0 Å². The lowest BCUT2D eigenvalue weighted by atomic mass is 10.1. The number of rotatable bonds is 8. The van der Waals surface area contributed by atoms with Crippen LogP contribution >= 0.6 is 0 Å². The van der Waals surface area contributed by atoms with Gasteiger partial charge < -0.3 is 15.7 Å². The minimum atomic E-state index is -1.02. The highest BCUT2D eigenvalue weighted by atomic mass is 16.4. The number of urea groups is 1. The first-order valence-electron chi connectivity index (χ1n) is 6.31. The van der Waals surface area contributed by atoms with Crippen LogP contribution in [0.25, 0.3) is 0 Å². The molecule has 0 aliphatic carbocycles. The number of terminal acetylenes is 1. The highest BCUT2D eigenvalue weighted by Crippen LogP contribution is 2.01. The van der Waals surface area contributed by atoms with Crippen LogP contribution in [0, 0.1) is 12.3 Å². The first kappa shape index (κ1) is 16.3. The van der Waals surface area contributed by atoms with Gasteiger partial charge in [0.25, 0.3) is 0 Å². The maximum Gasteiger partial charge on any atom is 0.326 e. The molecule has 102 valence electrons. The summed E-state index contributed by atoms with van der Waals surface area (Å²) in [5.41, 5.74) is 0. The molecule has 0 radical (unpaired) electrons. The molecule has 0 spiro atoms. The Morgan fingerprint density at radius 1 is 1.22 bits per heavy atom. The first-order chi connectivity index (χ1) is 8.54. The Morgan fingerprint density at radius 3 is 2.33 bits per heavy atom. The van der Waals surface area contributed by atoms with Crippen molar-refractivity contribution in [2.45, 2.75) is 58.0 Å². The number of carboxylic acid groups (broad SMARTS) is 1. The molecule has 0 aliphatic rings. The number of carboxylic acids is 1. The Kier molecular flexibility index (Phi) is 8.46. The number of unbranched alkanes of at least 4 members (excludes halogenated alkanes) is 1. The Morgan fingerprint density at radius 2 is 1.89 bits per heavy atom. The zero-order chi connectivity index (χ0) is 14.0. The Bertz CT molecular complexity index is 310. The highest BCUT2D eigenvalue weighted by molar-refractivity contribution is 5.82. The normalized spacial score (nSPS) is 13.2. The van der Waals surface area contributed by atoms with Crippen molar-refractivity contribution in [1.82, 2.24) is 10.6 Å². The molecule has 5 heteroatoms. The van der Waals surface area contributed by atoms with Gasteiger partial charge in [0.15, 0.2) is 0 Å². The van der Waals surface area contributed by atoms with Gasteiger partial charge in [0, 0.05) is 0 Å². The van der Waals surface area contributed by atoms with E-state index in [0.717, 1.165) is 19.3 Å². The summed E-state index contributed by atoms with van der Waals surface area (Å²) < 4.78 is 0. The summed E-state index contributed by atoms with van der Waals surface area (Å²) in [6, 6.07) is -1.73. The van der Waals surface area contributed by atoms with E-state index in [1.165, 1.54) is 0 Å². The van der Waals surface area contributed by atoms with Crippen LogP contribution in [-0.4, -0.2) is 29.2 Å². The fraction of sp³-hybridized carbons (Fsp3) is 0.692. The Hall–Kier alpha value is -1.70. The number of carbonyl (C=O) groups is 2. The predicted molar refractivity (Wildman–Crippen MR) is 70.1 cm³/mol. The molecule has 0 rings (SSSR count). The summed E-state index contributed by atoms with van der Waals surface area (Å²) in [5.74, 6) is 1.44. The summed E-state index contributed by atoms with van der Waals surface area (Å²) in [7, 11) is 0. The Labute approximate surface area is 108 Å². The number of hydrogen-bond acceptors (Lipinski definition) is 2. The number of hydrogen-bond donors (Lipinski definition) is 3. The van der Waals surface area contributed by atoms with Gasteiger partial charge >= 0.3 is 12.0 Å². The van der Waals surface area contributed by atoms with Crippen molar-refractivity contribution in [3.05, 3.63) is 0 Å². The highest BCUT2D eigenvalue weighted by Gasteiger charge is 2.20. The van der Waals surface area contributed by atoms with Gasteiger partial charge in [-0.3, -0.25) is 0 Å². The molecule has 0 heterocycles. The van der Waals surface area contributed by atoms with Gasteiger partial charge in [-0.1, -0.05) is 39.0 Å². The zero-order valence-electron chi connectivity index (χ0n) is 11.0. The van der Waals surface area contributed by atoms with E-state index >= 15 is 0 Å². The maximum absolute atomic E-state index is 11.6. The van der Waals surface area contributed by atoms with Crippen LogP contribution in [-0.2, 0) is 4.79 Å². The van der Waals surface area contributed by atoms with E-state index in [-0.39, 0.29) is 6.04 Å². The first-order valence-corrected chi connectivity index (χ1v) is 6.31. The molecule has 5 nitrogen and oxygen atoms in total. The lowest BCUT2D eigenvalue weighted by Gasteiger charge is -2.17. The fourth-order valence-electron chi connectivity index (χ4n) is 1.51. The second-order valence-electron chi connectivity index (χ2n) is 4.16. The molecular weight excluding hydrogens is 232 g/mol. The molecule has 0 aliphatic heterocycles. The largest absolute Gasteiger partial charge is 0.480 e. The van der Waals surface area contributed by atoms with Gasteiger partial charge in [0.2, 0.25) is 0 Å². The van der Waals surface area contributed by atoms with Crippen LogP contribution in [0.1, 0.15) is 46.0 Å². The molecule has 1 unspecified atom stereocenters. The number of amides is 2. The molecule has 2 amide bonds. The van der Waals surface area contributed by atoms with Crippen molar-refractivity contribution < 1.29 is 14.7 Å². The summed E-state index contributed by atoms with van der Waals surface area (Å²) >= 11 is 0. The monoisotopic (exact) mass is 254 g/mol. The predicted octanol–water partition coefficient (Wildman–Crippen LogP) is 1.73. The smallest absolute Gasteiger partial charge is 0.326 e. The van der Waals surface area contributed by atoms with Gasteiger partial charge in [-0.2, -0.15) is 0 Å². The van der Waals surface area contributed by atoms with Crippen molar-refractivity contribution in [3.8, 4) is 12.3 Å². The lowest BCUT2D eigenvalue weighted by molar-refractivity contribution is -0.139. The minimum absolute atomic E-state index is 0.351. The Balaban J connectivity index is 4.24. The van der Waals surface area contributed by atoms with E-state index in [2.05, 4.69) is 16.6 Å². The fourth-order valence-corrected chi connectivity index (χ4v) is 1.51. The molecule has 18 heavy (non-hydrogen) atoms. The van der Waals surface area contributed by atoms with E-state index in [1.807, 2.05) is 13.8 Å². The van der Waals surface area contributed by atoms with Crippen LogP contribution in [0.3, 0.4) is 0 Å². The van der Waals surface area contributed by atoms with Gasteiger partial charge in [-0.05, 0) is 12.8 Å². The van der Waals surface area contributed by atoms with Crippen LogP contribution < -0.4 is 10.6 Å². The second kappa shape index (κ2) is 9.34. The van der Waals surface area contributed by atoms with Crippen LogP contribution in [0.4, 0.5) is 4.79 Å². The van der Waals surface area contributed by atoms with E-state index < -0.39 is 18.0 Å². The third-order valence-electron chi connectivity index (χ3n) is 2.53. The number of carbonyl (C=O) groups excluding carboxylic acids is 1. The van der Waals surface area contributed by atoms with Gasteiger partial charge in [-0.15, -0.1) is 6.42 Å². The van der Waals surface area contributed by atoms with Crippen molar-refractivity contribution in [1.29, 1.82) is 0 Å². The van der Waals surface area contributed by atoms with E-state index in [0.29, 0.717) is 12.8 Å². The molecule has 0 bridgehead atoms. The molecule has 0 saturated heterocycles. The van der Waals surface area contributed by atoms with E-state index in [4.69, 9.17) is 11.5 Å². The van der Waals surface area contributed by atoms with Crippen molar-refractivity contribution in [2.75, 3.05) is 0 Å². The number of aliphatic carboxylic acids is 1. The molecule has 3 N–H and O–H groups in total. The third-order valence-corrected chi connectivity index (χ3v) is 2.53. The summed E-state index contributed by atoms with van der Waals surface area (Å²) in [5, 5.41) is 14.0. The van der Waals surface area contributed by atoms with E-state index in [1.54, 1.807) is 0 Å². The molecular formula is C13H22N2O3. The standard InChI is InChI=1S/C13H22N2O3/c1-4-7-9-11(12(16)17)15-13(18)14-10(6-3)8-5-2/h3,10-11H,4-5,7-9H2,1-2H3,(H,16,17)(H2,14,15,18)/t10?,11-/m0/s1. The average Bonchev–Trinajstić information content (AvgIpc) is 2.33. The number of nitrogens with one attached hydrogen (secondary N) is 2. The second-order valence-corrected chi connectivity index (χ2v) is 4.16.